The predicted molar refractivity (Wildman–Crippen MR) is 52.3 cm³/mol. The molecule has 0 saturated carbocycles. The lowest BCUT2D eigenvalue weighted by molar-refractivity contribution is 1.07. The Hall–Kier alpha value is -0.590. The summed E-state index contributed by atoms with van der Waals surface area (Å²) in [5, 5.41) is 0. The van der Waals surface area contributed by atoms with E-state index in [1.807, 2.05) is 7.05 Å². The fraction of sp³-hybridized carbons (Fsp3) is 0.700. The maximum atomic E-state index is 4.23. The average molecular weight is 153 g/mol. The first kappa shape index (κ1) is 10.4. The molecule has 0 atom stereocenters. The summed E-state index contributed by atoms with van der Waals surface area (Å²) in [7, 11) is 1.87. The fourth-order valence-electron chi connectivity index (χ4n) is 1.10. The lowest BCUT2D eigenvalue weighted by atomic mass is 10.0. The monoisotopic (exact) mass is 153 g/mol. The van der Waals surface area contributed by atoms with Crippen LogP contribution in [0.15, 0.2) is 16.1 Å². The highest BCUT2D eigenvalue weighted by molar-refractivity contribution is 5.99. The Labute approximate surface area is 70.2 Å². The van der Waals surface area contributed by atoms with Crippen LogP contribution in [0, 0.1) is 0 Å². The molecule has 0 spiro atoms. The van der Waals surface area contributed by atoms with Crippen molar-refractivity contribution in [3.8, 4) is 0 Å². The molecule has 0 fully saturated rings. The Balaban J connectivity index is 4.57. The van der Waals surface area contributed by atoms with Crippen molar-refractivity contribution in [2.24, 2.45) is 4.99 Å². The zero-order valence-corrected chi connectivity index (χ0v) is 8.36. The Kier molecular flexibility index (Phi) is 4.84. The highest BCUT2D eigenvalue weighted by Crippen LogP contribution is 2.10. The van der Waals surface area contributed by atoms with Gasteiger partial charge in [0, 0.05) is 12.8 Å². The fourth-order valence-corrected chi connectivity index (χ4v) is 1.10. The Bertz CT molecular complexity index is 175. The largest absolute Gasteiger partial charge is 0.293 e. The van der Waals surface area contributed by atoms with Gasteiger partial charge in [0.05, 0.1) is 0 Å². The van der Waals surface area contributed by atoms with E-state index in [9.17, 15) is 0 Å². The lowest BCUT2D eigenvalue weighted by Gasteiger charge is -2.06. The minimum atomic E-state index is 1.04. The van der Waals surface area contributed by atoms with Crippen molar-refractivity contribution in [2.45, 2.75) is 40.5 Å². The lowest BCUT2D eigenvalue weighted by Crippen LogP contribution is -2.00. The summed E-state index contributed by atoms with van der Waals surface area (Å²) in [6.45, 7) is 8.66. The van der Waals surface area contributed by atoms with E-state index >= 15 is 0 Å². The number of rotatable bonds is 3. The second kappa shape index (κ2) is 5.11. The first-order valence-corrected chi connectivity index (χ1v) is 4.29. The maximum Gasteiger partial charge on any atom is 0.0370 e. The number of hydrogen-bond donors (Lipinski definition) is 0. The minimum Gasteiger partial charge on any atom is -0.293 e. The standard InChI is InChI=1S/C10H19N/c1-6-8(3)9(4)10(7-2)11-5/h6-7H2,1-5H3/b9-8+,11-10-. The Morgan fingerprint density at radius 3 is 1.91 bits per heavy atom. The van der Waals surface area contributed by atoms with Crippen LogP contribution in [0.1, 0.15) is 40.5 Å². The summed E-state index contributed by atoms with van der Waals surface area (Å²) in [6, 6.07) is 0. The molecule has 0 rings (SSSR count). The van der Waals surface area contributed by atoms with Gasteiger partial charge in [-0.05, 0) is 32.3 Å². The molecule has 0 heterocycles. The SMILES string of the molecule is CCC(=N/C)/C(C)=C(\C)CC. The summed E-state index contributed by atoms with van der Waals surface area (Å²) >= 11 is 0. The highest BCUT2D eigenvalue weighted by Gasteiger charge is 2.00. The van der Waals surface area contributed by atoms with Crippen LogP contribution in [-0.2, 0) is 0 Å². The third kappa shape index (κ3) is 2.87. The van der Waals surface area contributed by atoms with E-state index in [0.717, 1.165) is 12.8 Å². The van der Waals surface area contributed by atoms with E-state index < -0.39 is 0 Å². The summed E-state index contributed by atoms with van der Waals surface area (Å²) < 4.78 is 0. The smallest absolute Gasteiger partial charge is 0.0370 e. The second-order valence-corrected chi connectivity index (χ2v) is 2.78. The molecule has 0 bridgehead atoms. The average Bonchev–Trinajstić information content (AvgIpc) is 2.05. The Morgan fingerprint density at radius 1 is 1.09 bits per heavy atom. The molecule has 0 aromatic carbocycles. The van der Waals surface area contributed by atoms with Gasteiger partial charge in [0.25, 0.3) is 0 Å². The second-order valence-electron chi connectivity index (χ2n) is 2.78. The molecule has 64 valence electrons. The molecule has 1 heteroatoms. The topological polar surface area (TPSA) is 12.4 Å². The number of aliphatic imine (C=N–C) groups is 1. The molecular formula is C10H19N. The van der Waals surface area contributed by atoms with Crippen molar-refractivity contribution in [3.63, 3.8) is 0 Å². The van der Waals surface area contributed by atoms with Crippen LogP contribution in [0.4, 0.5) is 0 Å². The third-order valence-corrected chi connectivity index (χ3v) is 2.21. The predicted octanol–water partition coefficient (Wildman–Crippen LogP) is 3.21. The van der Waals surface area contributed by atoms with Crippen LogP contribution in [0.5, 0.6) is 0 Å². The molecule has 0 aliphatic carbocycles. The maximum absolute atomic E-state index is 4.23. The number of allylic oxidation sites excluding steroid dienone is 2. The molecule has 1 nitrogen and oxygen atoms in total. The van der Waals surface area contributed by atoms with E-state index in [4.69, 9.17) is 0 Å². The van der Waals surface area contributed by atoms with E-state index in [-0.39, 0.29) is 0 Å². The van der Waals surface area contributed by atoms with Gasteiger partial charge in [-0.15, -0.1) is 0 Å². The van der Waals surface area contributed by atoms with Crippen molar-refractivity contribution < 1.29 is 0 Å². The van der Waals surface area contributed by atoms with Gasteiger partial charge >= 0.3 is 0 Å². The molecule has 11 heavy (non-hydrogen) atoms. The molecule has 0 N–H and O–H groups in total. The highest BCUT2D eigenvalue weighted by atomic mass is 14.7. The normalized spacial score (nSPS) is 14.8. The summed E-state index contributed by atoms with van der Waals surface area (Å²) in [5.74, 6) is 0. The summed E-state index contributed by atoms with van der Waals surface area (Å²) in [6.07, 6.45) is 2.17. The molecule has 0 saturated heterocycles. The molecule has 0 aliphatic rings. The van der Waals surface area contributed by atoms with Crippen molar-refractivity contribution in [1.82, 2.24) is 0 Å². The van der Waals surface area contributed by atoms with Crippen LogP contribution in [0.2, 0.25) is 0 Å². The quantitative estimate of drug-likeness (QED) is 0.552. The number of hydrogen-bond acceptors (Lipinski definition) is 1. The van der Waals surface area contributed by atoms with Gasteiger partial charge in [0.1, 0.15) is 0 Å². The van der Waals surface area contributed by atoms with Gasteiger partial charge in [-0.1, -0.05) is 19.4 Å². The summed E-state index contributed by atoms with van der Waals surface area (Å²) in [5.41, 5.74) is 4.06. The van der Waals surface area contributed by atoms with Crippen LogP contribution in [0.3, 0.4) is 0 Å². The molecule has 0 amide bonds. The van der Waals surface area contributed by atoms with E-state index in [1.54, 1.807) is 0 Å². The van der Waals surface area contributed by atoms with Crippen molar-refractivity contribution in [1.29, 1.82) is 0 Å². The van der Waals surface area contributed by atoms with Crippen LogP contribution in [0.25, 0.3) is 0 Å². The van der Waals surface area contributed by atoms with Gasteiger partial charge in [0.2, 0.25) is 0 Å². The van der Waals surface area contributed by atoms with Crippen LogP contribution < -0.4 is 0 Å². The van der Waals surface area contributed by atoms with Crippen molar-refractivity contribution >= 4 is 5.71 Å². The van der Waals surface area contributed by atoms with Gasteiger partial charge in [-0.3, -0.25) is 4.99 Å². The van der Waals surface area contributed by atoms with E-state index in [1.165, 1.54) is 16.9 Å². The van der Waals surface area contributed by atoms with Crippen LogP contribution >= 0.6 is 0 Å². The van der Waals surface area contributed by atoms with Crippen molar-refractivity contribution in [3.05, 3.63) is 11.1 Å². The van der Waals surface area contributed by atoms with Gasteiger partial charge < -0.3 is 0 Å². The van der Waals surface area contributed by atoms with E-state index in [0.29, 0.717) is 0 Å². The third-order valence-electron chi connectivity index (χ3n) is 2.21. The number of nitrogens with zero attached hydrogens (tertiary/aromatic N) is 1. The van der Waals surface area contributed by atoms with Gasteiger partial charge in [0.15, 0.2) is 0 Å². The molecule has 0 aromatic rings. The van der Waals surface area contributed by atoms with Gasteiger partial charge in [-0.2, -0.15) is 0 Å². The van der Waals surface area contributed by atoms with E-state index in [2.05, 4.69) is 32.7 Å². The van der Waals surface area contributed by atoms with Gasteiger partial charge in [-0.25, -0.2) is 0 Å². The molecular weight excluding hydrogens is 134 g/mol. The zero-order valence-electron chi connectivity index (χ0n) is 8.36. The first-order chi connectivity index (χ1) is 5.17. The summed E-state index contributed by atoms with van der Waals surface area (Å²) in [4.78, 5) is 4.23. The van der Waals surface area contributed by atoms with Crippen molar-refractivity contribution in [2.75, 3.05) is 7.05 Å². The Morgan fingerprint density at radius 2 is 1.64 bits per heavy atom. The zero-order chi connectivity index (χ0) is 8.85. The minimum absolute atomic E-state index is 1.04. The molecule has 0 radical (unpaired) electrons. The molecule has 0 aliphatic heterocycles. The molecule has 0 aromatic heterocycles. The van der Waals surface area contributed by atoms with Crippen LogP contribution in [-0.4, -0.2) is 12.8 Å². The first-order valence-electron chi connectivity index (χ1n) is 4.29. The molecule has 0 unspecified atom stereocenters.